The van der Waals surface area contributed by atoms with Crippen molar-refractivity contribution in [1.29, 1.82) is 0 Å². The molecule has 3 aromatic rings. The van der Waals surface area contributed by atoms with Crippen molar-refractivity contribution in [2.45, 2.75) is 13.8 Å². The number of anilines is 1. The van der Waals surface area contributed by atoms with Gasteiger partial charge in [-0.25, -0.2) is 9.18 Å². The maximum atomic E-state index is 14.0. The van der Waals surface area contributed by atoms with Crippen LogP contribution in [0, 0.1) is 19.7 Å². The van der Waals surface area contributed by atoms with E-state index in [0.29, 0.717) is 27.1 Å². The summed E-state index contributed by atoms with van der Waals surface area (Å²) in [6.07, 6.45) is 0. The van der Waals surface area contributed by atoms with Gasteiger partial charge in [-0.1, -0.05) is 12.1 Å². The molecular weight excluding hydrogens is 341 g/mol. The summed E-state index contributed by atoms with van der Waals surface area (Å²) in [5.74, 6) is -1.15. The number of amides is 1. The van der Waals surface area contributed by atoms with E-state index in [1.54, 1.807) is 37.3 Å². The van der Waals surface area contributed by atoms with E-state index < -0.39 is 5.97 Å². The largest absolute Gasteiger partial charge is 0.465 e. The molecule has 128 valence electrons. The third-order valence-corrected chi connectivity index (χ3v) is 5.27. The third-order valence-electron chi connectivity index (χ3n) is 4.02. The molecule has 0 spiro atoms. The van der Waals surface area contributed by atoms with Crippen molar-refractivity contribution in [2.24, 2.45) is 0 Å². The molecule has 0 aliphatic heterocycles. The van der Waals surface area contributed by atoms with Crippen molar-refractivity contribution < 1.29 is 18.7 Å². The summed E-state index contributed by atoms with van der Waals surface area (Å²) in [4.78, 5) is 24.8. The van der Waals surface area contributed by atoms with E-state index in [2.05, 4.69) is 5.32 Å². The van der Waals surface area contributed by atoms with E-state index in [-0.39, 0.29) is 11.7 Å². The van der Waals surface area contributed by atoms with E-state index in [0.717, 1.165) is 10.3 Å². The Morgan fingerprint density at radius 1 is 1.16 bits per heavy atom. The molecule has 1 heterocycles. The number of aryl methyl sites for hydroxylation is 2. The van der Waals surface area contributed by atoms with Gasteiger partial charge in [-0.2, -0.15) is 0 Å². The number of fused-ring (bicyclic) bond motifs is 1. The topological polar surface area (TPSA) is 55.4 Å². The van der Waals surface area contributed by atoms with Crippen LogP contribution in [0.2, 0.25) is 0 Å². The normalized spacial score (nSPS) is 10.7. The number of hydrogen-bond donors (Lipinski definition) is 1. The molecule has 4 nitrogen and oxygen atoms in total. The minimum Gasteiger partial charge on any atom is -0.465 e. The van der Waals surface area contributed by atoms with Crippen LogP contribution in [-0.2, 0) is 4.74 Å². The van der Waals surface area contributed by atoms with E-state index in [9.17, 15) is 14.0 Å². The SMILES string of the molecule is COC(=O)c1ccc(C)c(NC(=O)c2sc3cccc(F)c3c2C)c1. The molecule has 0 bridgehead atoms. The minimum absolute atomic E-state index is 0.330. The number of esters is 1. The number of rotatable bonds is 3. The maximum absolute atomic E-state index is 14.0. The van der Waals surface area contributed by atoms with Crippen molar-refractivity contribution >= 4 is 39.0 Å². The first-order chi connectivity index (χ1) is 11.9. The smallest absolute Gasteiger partial charge is 0.337 e. The number of nitrogens with one attached hydrogen (secondary N) is 1. The lowest BCUT2D eigenvalue weighted by Gasteiger charge is -2.10. The molecule has 0 radical (unpaired) electrons. The van der Waals surface area contributed by atoms with Crippen molar-refractivity contribution in [3.63, 3.8) is 0 Å². The van der Waals surface area contributed by atoms with E-state index >= 15 is 0 Å². The van der Waals surface area contributed by atoms with Gasteiger partial charge in [0, 0.05) is 15.8 Å². The highest BCUT2D eigenvalue weighted by Gasteiger charge is 2.19. The molecule has 3 rings (SSSR count). The highest BCUT2D eigenvalue weighted by Crippen LogP contribution is 2.33. The number of halogens is 1. The van der Waals surface area contributed by atoms with Crippen LogP contribution in [0.1, 0.15) is 31.2 Å². The Balaban J connectivity index is 1.97. The highest BCUT2D eigenvalue weighted by atomic mass is 32.1. The maximum Gasteiger partial charge on any atom is 0.337 e. The fraction of sp³-hybridized carbons (Fsp3) is 0.158. The molecule has 0 atom stereocenters. The van der Waals surface area contributed by atoms with Crippen molar-refractivity contribution in [1.82, 2.24) is 0 Å². The average molecular weight is 357 g/mol. The Morgan fingerprint density at radius 2 is 1.92 bits per heavy atom. The number of benzene rings is 2. The summed E-state index contributed by atoms with van der Waals surface area (Å²) in [7, 11) is 1.30. The third kappa shape index (κ3) is 3.13. The predicted molar refractivity (Wildman–Crippen MR) is 97.0 cm³/mol. The molecule has 0 saturated heterocycles. The zero-order chi connectivity index (χ0) is 18.1. The molecule has 0 aliphatic carbocycles. The second kappa shape index (κ2) is 6.64. The van der Waals surface area contributed by atoms with Gasteiger partial charge in [0.2, 0.25) is 0 Å². The number of methoxy groups -OCH3 is 1. The summed E-state index contributed by atoms with van der Waals surface area (Å²) in [5.41, 5.74) is 2.29. The van der Waals surface area contributed by atoms with Crippen LogP contribution in [0.25, 0.3) is 10.1 Å². The molecule has 0 aliphatic rings. The van der Waals surface area contributed by atoms with Crippen LogP contribution in [-0.4, -0.2) is 19.0 Å². The lowest BCUT2D eigenvalue weighted by molar-refractivity contribution is 0.0600. The average Bonchev–Trinajstić information content (AvgIpc) is 2.94. The van der Waals surface area contributed by atoms with Gasteiger partial charge in [-0.15, -0.1) is 11.3 Å². The monoisotopic (exact) mass is 357 g/mol. The standard InChI is InChI=1S/C19H16FNO3S/c1-10-7-8-12(19(23)24-3)9-14(10)21-18(22)17-11(2)16-13(20)5-4-6-15(16)25-17/h4-9H,1-3H3,(H,21,22). The fourth-order valence-corrected chi connectivity index (χ4v) is 3.77. The van der Waals surface area contributed by atoms with Crippen molar-refractivity contribution in [3.05, 3.63) is 63.8 Å². The van der Waals surface area contributed by atoms with Gasteiger partial charge in [0.1, 0.15) is 5.82 Å². The van der Waals surface area contributed by atoms with Gasteiger partial charge in [-0.3, -0.25) is 4.79 Å². The lowest BCUT2D eigenvalue weighted by atomic mass is 10.1. The molecule has 25 heavy (non-hydrogen) atoms. The number of thiophene rings is 1. The zero-order valence-electron chi connectivity index (χ0n) is 14.0. The van der Waals surface area contributed by atoms with E-state index in [4.69, 9.17) is 4.74 Å². The molecule has 0 unspecified atom stereocenters. The van der Waals surface area contributed by atoms with Crippen molar-refractivity contribution in [3.8, 4) is 0 Å². The van der Waals surface area contributed by atoms with Crippen LogP contribution in [0.4, 0.5) is 10.1 Å². The second-order valence-corrected chi connectivity index (χ2v) is 6.70. The van der Waals surface area contributed by atoms with Gasteiger partial charge in [0.15, 0.2) is 0 Å². The predicted octanol–water partition coefficient (Wildman–Crippen LogP) is 4.70. The molecule has 6 heteroatoms. The first-order valence-corrected chi connectivity index (χ1v) is 8.42. The molecule has 1 aromatic heterocycles. The van der Waals surface area contributed by atoms with Crippen LogP contribution >= 0.6 is 11.3 Å². The van der Waals surface area contributed by atoms with Crippen LogP contribution < -0.4 is 5.32 Å². The first-order valence-electron chi connectivity index (χ1n) is 7.60. The summed E-state index contributed by atoms with van der Waals surface area (Å²) in [5, 5.41) is 3.28. The van der Waals surface area contributed by atoms with Crippen LogP contribution in [0.15, 0.2) is 36.4 Å². The molecular formula is C19H16FNO3S. The van der Waals surface area contributed by atoms with Crippen LogP contribution in [0.5, 0.6) is 0 Å². The Morgan fingerprint density at radius 3 is 2.60 bits per heavy atom. The second-order valence-electron chi connectivity index (χ2n) is 5.64. The number of carbonyl (C=O) groups is 2. The number of ether oxygens (including phenoxy) is 1. The van der Waals surface area contributed by atoms with Gasteiger partial charge in [0.05, 0.1) is 17.6 Å². The summed E-state index contributed by atoms with van der Waals surface area (Å²) < 4.78 is 19.4. The lowest BCUT2D eigenvalue weighted by Crippen LogP contribution is -2.13. The number of hydrogen-bond acceptors (Lipinski definition) is 4. The van der Waals surface area contributed by atoms with E-state index in [1.807, 2.05) is 6.92 Å². The van der Waals surface area contributed by atoms with Gasteiger partial charge in [-0.05, 0) is 49.2 Å². The van der Waals surface area contributed by atoms with Gasteiger partial charge >= 0.3 is 5.97 Å². The Hall–Kier alpha value is -2.73. The Kier molecular flexibility index (Phi) is 4.55. The van der Waals surface area contributed by atoms with Crippen LogP contribution in [0.3, 0.4) is 0 Å². The van der Waals surface area contributed by atoms with Crippen molar-refractivity contribution in [2.75, 3.05) is 12.4 Å². The Bertz CT molecular complexity index is 994. The molecule has 2 aromatic carbocycles. The molecule has 0 saturated carbocycles. The zero-order valence-corrected chi connectivity index (χ0v) is 14.8. The first kappa shape index (κ1) is 17.1. The quantitative estimate of drug-likeness (QED) is 0.692. The summed E-state index contributed by atoms with van der Waals surface area (Å²) in [6, 6.07) is 9.74. The minimum atomic E-state index is -0.476. The molecule has 1 N–H and O–H groups in total. The Labute approximate surface area is 148 Å². The van der Waals surface area contributed by atoms with E-state index in [1.165, 1.54) is 24.5 Å². The summed E-state index contributed by atoms with van der Waals surface area (Å²) >= 11 is 1.24. The molecule has 1 amide bonds. The molecule has 0 fully saturated rings. The highest BCUT2D eigenvalue weighted by molar-refractivity contribution is 7.21. The fourth-order valence-electron chi connectivity index (χ4n) is 2.65. The summed E-state index contributed by atoms with van der Waals surface area (Å²) in [6.45, 7) is 3.56. The van der Waals surface area contributed by atoms with Gasteiger partial charge < -0.3 is 10.1 Å². The van der Waals surface area contributed by atoms with Gasteiger partial charge in [0.25, 0.3) is 5.91 Å². The number of carbonyl (C=O) groups excluding carboxylic acids is 2.